The molecule has 0 radical (unpaired) electrons. The van der Waals surface area contributed by atoms with Gasteiger partial charge < -0.3 is 23.8 Å². The van der Waals surface area contributed by atoms with Crippen LogP contribution in [0.15, 0.2) is 48.5 Å². The van der Waals surface area contributed by atoms with Crippen LogP contribution in [0.3, 0.4) is 0 Å². The Balaban J connectivity index is -0.000000271. The molecule has 0 saturated carbocycles. The van der Waals surface area contributed by atoms with Crippen LogP contribution in [0.2, 0.25) is 0 Å². The SMILES string of the molecule is CCN(CC)CC.O=C(Cl)c1cccc(F)c1.O=C(OCC(F)(F)S(=O)(=O)[O-])c1cccc(F)c1.O=S(=O)([O-])C(F)(F)CO.[Na+].[Na+]. The minimum atomic E-state index is -5.92. The summed E-state index contributed by atoms with van der Waals surface area (Å²) in [7, 11) is -11.6. The molecular weight excluding hydrogens is 722 g/mol. The molecule has 2 aromatic carbocycles. The molecule has 1 N–H and O–H groups in total. The summed E-state index contributed by atoms with van der Waals surface area (Å²) < 4.78 is 136. The normalized spacial score (nSPS) is 11.1. The number of nitrogens with zero attached hydrogens (tertiary/aromatic N) is 1. The van der Waals surface area contributed by atoms with Crippen LogP contribution in [-0.2, 0) is 25.0 Å². The van der Waals surface area contributed by atoms with E-state index >= 15 is 0 Å². The Kier molecular flexibility index (Phi) is 27.5. The van der Waals surface area contributed by atoms with Crippen LogP contribution in [0.1, 0.15) is 41.5 Å². The van der Waals surface area contributed by atoms with Gasteiger partial charge in [-0.15, -0.1) is 0 Å². The zero-order valence-electron chi connectivity index (χ0n) is 25.2. The van der Waals surface area contributed by atoms with E-state index in [1.165, 1.54) is 37.8 Å². The molecule has 0 aliphatic carbocycles. The molecule has 2 aromatic rings. The molecule has 0 unspecified atom stereocenters. The Bertz CT molecular complexity index is 1420. The molecule has 0 aliphatic heterocycles. The molecule has 0 amide bonds. The van der Waals surface area contributed by atoms with E-state index in [1.807, 2.05) is 0 Å². The van der Waals surface area contributed by atoms with E-state index in [1.54, 1.807) is 0 Å². The molecule has 0 fully saturated rings. The molecule has 0 saturated heterocycles. The first-order valence-corrected chi connectivity index (χ1v) is 15.1. The van der Waals surface area contributed by atoms with E-state index in [9.17, 15) is 61.9 Å². The van der Waals surface area contributed by atoms with Crippen molar-refractivity contribution in [1.29, 1.82) is 0 Å². The average molecular weight is 750 g/mol. The topological polar surface area (TPSA) is 181 Å². The molecule has 0 spiro atoms. The van der Waals surface area contributed by atoms with Crippen LogP contribution in [0, 0.1) is 11.6 Å². The van der Waals surface area contributed by atoms with E-state index in [0.717, 1.165) is 24.3 Å². The third-order valence-corrected chi connectivity index (χ3v) is 6.67. The summed E-state index contributed by atoms with van der Waals surface area (Å²) in [6, 6.07) is 9.17. The number of carbonyl (C=O) groups excluding carboxylic acids is 2. The summed E-state index contributed by atoms with van der Waals surface area (Å²) in [5.41, 5.74) is -0.198. The number of halogens is 7. The fourth-order valence-electron chi connectivity index (χ4n) is 2.28. The average Bonchev–Trinajstić information content (AvgIpc) is 2.92. The zero-order valence-corrected chi connectivity index (χ0v) is 31.6. The molecule has 252 valence electrons. The van der Waals surface area contributed by atoms with E-state index < -0.39 is 66.8 Å². The molecule has 0 atom stereocenters. The molecule has 46 heavy (non-hydrogen) atoms. The van der Waals surface area contributed by atoms with Gasteiger partial charge in [0.2, 0.25) is 0 Å². The van der Waals surface area contributed by atoms with Crippen LogP contribution >= 0.6 is 11.6 Å². The van der Waals surface area contributed by atoms with Crippen molar-refractivity contribution >= 4 is 43.0 Å². The third kappa shape index (κ3) is 21.2. The quantitative estimate of drug-likeness (QED) is 0.0916. The number of carbonyl (C=O) groups is 2. The van der Waals surface area contributed by atoms with E-state index in [2.05, 4.69) is 30.4 Å². The molecule has 0 heterocycles. The van der Waals surface area contributed by atoms with Gasteiger partial charge in [-0.1, -0.05) is 32.9 Å². The predicted octanol–water partition coefficient (Wildman–Crippen LogP) is -2.20. The van der Waals surface area contributed by atoms with Crippen molar-refractivity contribution in [2.45, 2.75) is 31.3 Å². The molecule has 0 aromatic heterocycles. The van der Waals surface area contributed by atoms with Crippen LogP contribution in [0.5, 0.6) is 0 Å². The second-order valence-electron chi connectivity index (χ2n) is 7.83. The van der Waals surface area contributed by atoms with Crippen molar-refractivity contribution in [2.75, 3.05) is 32.8 Å². The molecule has 2 rings (SSSR count). The fourth-order valence-corrected chi connectivity index (χ4v) is 2.76. The van der Waals surface area contributed by atoms with Crippen molar-refractivity contribution in [3.05, 3.63) is 71.3 Å². The first-order valence-electron chi connectivity index (χ1n) is 11.9. The maximum Gasteiger partial charge on any atom is 1.00 e. The van der Waals surface area contributed by atoms with Crippen LogP contribution in [0.4, 0.5) is 26.3 Å². The first-order chi connectivity index (χ1) is 20.0. The second-order valence-corrected chi connectivity index (χ2v) is 11.2. The summed E-state index contributed by atoms with van der Waals surface area (Å²) in [5, 5.41) is -2.31. The first kappa shape index (κ1) is 52.0. The van der Waals surface area contributed by atoms with Crippen molar-refractivity contribution in [2.24, 2.45) is 0 Å². The van der Waals surface area contributed by atoms with Gasteiger partial charge in [-0.25, -0.2) is 30.4 Å². The van der Waals surface area contributed by atoms with Gasteiger partial charge in [-0.05, 0) is 67.6 Å². The molecule has 0 bridgehead atoms. The van der Waals surface area contributed by atoms with E-state index in [4.69, 9.17) is 16.7 Å². The Hall–Kier alpha value is -0.810. The number of hydrogen-bond acceptors (Lipinski definition) is 11. The van der Waals surface area contributed by atoms with Crippen LogP contribution < -0.4 is 59.1 Å². The monoisotopic (exact) mass is 749 g/mol. The van der Waals surface area contributed by atoms with Gasteiger partial charge in [0.1, 0.15) is 18.2 Å². The molecule has 11 nitrogen and oxygen atoms in total. The summed E-state index contributed by atoms with van der Waals surface area (Å²) in [6.07, 6.45) is 0. The molecular formula is C24H28ClF6NNa2O10S2. The number of hydrogen-bond donors (Lipinski definition) is 1. The van der Waals surface area contributed by atoms with Gasteiger partial charge in [0.15, 0.2) is 26.8 Å². The smallest absolute Gasteiger partial charge is 0.743 e. The number of alkyl halides is 4. The van der Waals surface area contributed by atoms with E-state index in [-0.39, 0.29) is 70.2 Å². The summed E-state index contributed by atoms with van der Waals surface area (Å²) in [4.78, 5) is 23.9. The standard InChI is InChI=1S/C9H7F3O5S.C7H4ClFO.C6H15N.C2H4F2O4S.2Na/c10-7-3-1-2-6(4-7)8(13)17-5-9(11,12)18(14,15)16;8-7(10)5-2-1-3-6(9)4-5;1-4-7(5-2)6-3;3-2(4,1-5)9(6,7)8;;/h1-4H,5H2,(H,14,15,16);1-4H;4-6H2,1-3H3;5H,1H2,(H,6,7,8);;/q;;;;2*+1/p-2. The summed E-state index contributed by atoms with van der Waals surface area (Å²) >= 11 is 5.07. The van der Waals surface area contributed by atoms with Crippen molar-refractivity contribution in [3.8, 4) is 0 Å². The van der Waals surface area contributed by atoms with Gasteiger partial charge >= 0.3 is 75.6 Å². The minimum absolute atomic E-state index is 0. The van der Waals surface area contributed by atoms with Gasteiger partial charge in [0, 0.05) is 5.56 Å². The van der Waals surface area contributed by atoms with Gasteiger partial charge in [-0.2, -0.15) is 17.6 Å². The van der Waals surface area contributed by atoms with Crippen LogP contribution in [-0.4, -0.2) is 90.5 Å². The van der Waals surface area contributed by atoms with Crippen LogP contribution in [0.25, 0.3) is 0 Å². The number of rotatable bonds is 10. The zero-order chi connectivity index (χ0) is 34.9. The minimum Gasteiger partial charge on any atom is -0.743 e. The Labute approximate surface area is 311 Å². The second kappa shape index (κ2) is 24.3. The fraction of sp³-hybridized carbons (Fsp3) is 0.417. The number of aliphatic hydroxyl groups is 1. The van der Waals surface area contributed by atoms with Gasteiger partial charge in [0.05, 0.1) is 5.56 Å². The third-order valence-electron chi connectivity index (χ3n) is 4.74. The van der Waals surface area contributed by atoms with Gasteiger partial charge in [-0.3, -0.25) is 4.79 Å². The molecule has 0 aliphatic rings. The summed E-state index contributed by atoms with van der Waals surface area (Å²) in [5.74, 6) is -2.61. The maximum absolute atomic E-state index is 12.7. The van der Waals surface area contributed by atoms with Crippen molar-refractivity contribution in [1.82, 2.24) is 4.90 Å². The van der Waals surface area contributed by atoms with Crippen molar-refractivity contribution < 1.29 is 131 Å². The Morgan fingerprint density at radius 1 is 0.804 bits per heavy atom. The Morgan fingerprint density at radius 3 is 1.41 bits per heavy atom. The maximum atomic E-state index is 12.7. The van der Waals surface area contributed by atoms with E-state index in [0.29, 0.717) is 6.07 Å². The largest absolute Gasteiger partial charge is 1.00 e. The molecule has 22 heteroatoms. The number of ether oxygens (including phenoxy) is 1. The summed E-state index contributed by atoms with van der Waals surface area (Å²) in [6.45, 7) is 6.23. The number of esters is 1. The predicted molar refractivity (Wildman–Crippen MR) is 143 cm³/mol. The number of aliphatic hydroxyl groups excluding tert-OH is 1. The van der Waals surface area contributed by atoms with Crippen molar-refractivity contribution in [3.63, 3.8) is 0 Å². The Morgan fingerprint density at radius 2 is 1.17 bits per heavy atom. The number of benzene rings is 2. The van der Waals surface area contributed by atoms with Gasteiger partial charge in [0.25, 0.3) is 5.24 Å².